The molecule has 1 aliphatic heterocycles. The average Bonchev–Trinajstić information content (AvgIpc) is 3.38. The van der Waals surface area contributed by atoms with Crippen molar-refractivity contribution in [2.75, 3.05) is 26.9 Å². The Labute approximate surface area is 294 Å². The van der Waals surface area contributed by atoms with Crippen molar-refractivity contribution in [3.8, 4) is 23.0 Å². The van der Waals surface area contributed by atoms with E-state index in [1.165, 1.54) is 11.3 Å². The van der Waals surface area contributed by atoms with Crippen molar-refractivity contribution < 1.29 is 28.5 Å². The minimum absolute atomic E-state index is 0.173. The fourth-order valence-electron chi connectivity index (χ4n) is 5.66. The highest BCUT2D eigenvalue weighted by molar-refractivity contribution is 7.07. The topological polar surface area (TPSA) is 97.6 Å². The highest BCUT2D eigenvalue weighted by Gasteiger charge is 2.34. The predicted molar refractivity (Wildman–Crippen MR) is 192 cm³/mol. The summed E-state index contributed by atoms with van der Waals surface area (Å²) < 4.78 is 31.1. The number of halogens is 1. The first kappa shape index (κ1) is 35.5. The number of benzene rings is 3. The zero-order chi connectivity index (χ0) is 35.1. The summed E-state index contributed by atoms with van der Waals surface area (Å²) >= 11 is 7.63. The molecule has 0 N–H and O–H groups in total. The van der Waals surface area contributed by atoms with Gasteiger partial charge in [0.15, 0.2) is 27.8 Å². The maximum absolute atomic E-state index is 14.3. The quantitative estimate of drug-likeness (QED) is 0.108. The molecule has 0 saturated heterocycles. The average molecular weight is 703 g/mol. The van der Waals surface area contributed by atoms with E-state index in [0.717, 1.165) is 16.7 Å². The molecule has 0 spiro atoms. The number of methoxy groups -OCH3 is 1. The molecule has 0 bridgehead atoms. The molecule has 256 valence electrons. The lowest BCUT2D eigenvalue weighted by atomic mass is 9.95. The van der Waals surface area contributed by atoms with E-state index in [-0.39, 0.29) is 24.3 Å². The van der Waals surface area contributed by atoms with Crippen molar-refractivity contribution in [3.05, 3.63) is 125 Å². The standard InChI is InChI=1S/C38H39ClN2O7S/c1-7-13-26-18-24(19-31(46-9-3)35(26)48-22-27-14-11-12-15-28(27)39)20-32-36(42)41-34(25-16-17-29(44-6)30(21-25)45-8-2)33(37(43)47-10-4)23(5)40-38(41)49-32/h7,11-12,14-21,34H,1,8-10,13,22H2,2-6H3/b32-20+/t34-/m0/s1. The van der Waals surface area contributed by atoms with Crippen LogP contribution in [0.1, 0.15) is 56.0 Å². The van der Waals surface area contributed by atoms with Gasteiger partial charge in [0.05, 0.1) is 48.8 Å². The van der Waals surface area contributed by atoms with Crippen LogP contribution in [0.2, 0.25) is 5.02 Å². The molecule has 0 saturated carbocycles. The molecule has 0 fully saturated rings. The number of thiazole rings is 1. The molecular formula is C38H39ClN2O7S. The van der Waals surface area contributed by atoms with Crippen molar-refractivity contribution >= 4 is 35.0 Å². The molecule has 2 heterocycles. The van der Waals surface area contributed by atoms with Gasteiger partial charge in [0, 0.05) is 16.1 Å². The number of hydrogen-bond acceptors (Lipinski definition) is 9. The van der Waals surface area contributed by atoms with Gasteiger partial charge in [-0.2, -0.15) is 0 Å². The first-order valence-electron chi connectivity index (χ1n) is 16.0. The molecule has 9 nitrogen and oxygen atoms in total. The minimum Gasteiger partial charge on any atom is -0.493 e. The van der Waals surface area contributed by atoms with Gasteiger partial charge in [-0.05, 0) is 81.7 Å². The highest BCUT2D eigenvalue weighted by Crippen LogP contribution is 2.37. The minimum atomic E-state index is -0.807. The van der Waals surface area contributed by atoms with Crippen molar-refractivity contribution in [1.82, 2.24) is 4.57 Å². The Morgan fingerprint density at radius 2 is 1.73 bits per heavy atom. The largest absolute Gasteiger partial charge is 0.493 e. The lowest BCUT2D eigenvalue weighted by Crippen LogP contribution is -2.40. The van der Waals surface area contributed by atoms with Crippen molar-refractivity contribution in [3.63, 3.8) is 0 Å². The number of ether oxygens (including phenoxy) is 5. The lowest BCUT2D eigenvalue weighted by Gasteiger charge is -2.25. The summed E-state index contributed by atoms with van der Waals surface area (Å²) in [5.41, 5.74) is 3.51. The molecule has 5 rings (SSSR count). The monoisotopic (exact) mass is 702 g/mol. The first-order chi connectivity index (χ1) is 23.7. The summed E-state index contributed by atoms with van der Waals surface area (Å²) in [5, 5.41) is 0.612. The fourth-order valence-corrected chi connectivity index (χ4v) is 6.89. The maximum Gasteiger partial charge on any atom is 0.338 e. The van der Waals surface area contributed by atoms with Crippen molar-refractivity contribution in [2.24, 2.45) is 4.99 Å². The number of allylic oxidation sites excluding steroid dienone is 2. The van der Waals surface area contributed by atoms with E-state index in [9.17, 15) is 9.59 Å². The summed E-state index contributed by atoms with van der Waals surface area (Å²) in [6.45, 7) is 12.4. The number of nitrogens with zero attached hydrogens (tertiary/aromatic N) is 2. The summed E-state index contributed by atoms with van der Waals surface area (Å²) in [6.07, 6.45) is 4.09. The number of fused-ring (bicyclic) bond motifs is 1. The molecule has 1 aromatic heterocycles. The number of esters is 1. The normalized spacial score (nSPS) is 14.2. The molecule has 1 atom stereocenters. The van der Waals surface area contributed by atoms with Crippen LogP contribution in [-0.2, 0) is 22.6 Å². The van der Waals surface area contributed by atoms with E-state index in [4.69, 9.17) is 40.3 Å². The van der Waals surface area contributed by atoms with Crippen LogP contribution in [0.25, 0.3) is 6.08 Å². The van der Waals surface area contributed by atoms with Gasteiger partial charge in [-0.25, -0.2) is 9.79 Å². The summed E-state index contributed by atoms with van der Waals surface area (Å²) in [6, 6.07) is 15.9. The Morgan fingerprint density at radius 3 is 2.43 bits per heavy atom. The third kappa shape index (κ3) is 7.60. The zero-order valence-corrected chi connectivity index (χ0v) is 29.8. The Bertz CT molecular complexity index is 2080. The molecule has 1 aliphatic rings. The van der Waals surface area contributed by atoms with E-state index in [0.29, 0.717) is 68.2 Å². The SMILES string of the molecule is C=CCc1cc(/C=c2/sc3n(c2=O)[C@@H](c2ccc(OC)c(OCC)c2)C(C(=O)OCC)=C(C)N=3)cc(OCC)c1OCc1ccccc1Cl. The molecule has 0 unspecified atom stereocenters. The van der Waals surface area contributed by atoms with Crippen LogP contribution in [0.3, 0.4) is 0 Å². The Hall–Kier alpha value is -4.80. The van der Waals surface area contributed by atoms with Gasteiger partial charge >= 0.3 is 5.97 Å². The van der Waals surface area contributed by atoms with E-state index in [2.05, 4.69) is 6.58 Å². The summed E-state index contributed by atoms with van der Waals surface area (Å²) in [4.78, 5) is 32.9. The zero-order valence-electron chi connectivity index (χ0n) is 28.2. The summed E-state index contributed by atoms with van der Waals surface area (Å²) in [5.74, 6) is 1.61. The van der Waals surface area contributed by atoms with E-state index >= 15 is 0 Å². The first-order valence-corrected chi connectivity index (χ1v) is 17.2. The number of hydrogen-bond donors (Lipinski definition) is 0. The van der Waals surface area contributed by atoms with Crippen LogP contribution in [0.15, 0.2) is 88.3 Å². The van der Waals surface area contributed by atoms with E-state index < -0.39 is 12.0 Å². The fraction of sp³-hybridized carbons (Fsp3) is 0.289. The van der Waals surface area contributed by atoms with Gasteiger partial charge in [0.1, 0.15) is 6.61 Å². The molecular weight excluding hydrogens is 664 g/mol. The molecule has 3 aromatic carbocycles. The third-order valence-corrected chi connectivity index (χ3v) is 9.12. The second kappa shape index (κ2) is 16.1. The molecule has 0 amide bonds. The Balaban J connectivity index is 1.65. The van der Waals surface area contributed by atoms with Crippen LogP contribution in [0.5, 0.6) is 23.0 Å². The van der Waals surface area contributed by atoms with Gasteiger partial charge in [0.2, 0.25) is 0 Å². The maximum atomic E-state index is 14.3. The predicted octanol–water partition coefficient (Wildman–Crippen LogP) is 6.57. The van der Waals surface area contributed by atoms with Gasteiger partial charge in [-0.3, -0.25) is 9.36 Å². The summed E-state index contributed by atoms with van der Waals surface area (Å²) in [7, 11) is 1.56. The molecule has 0 radical (unpaired) electrons. The van der Waals surface area contributed by atoms with Gasteiger partial charge in [0.25, 0.3) is 5.56 Å². The van der Waals surface area contributed by atoms with Crippen LogP contribution in [-0.4, -0.2) is 37.5 Å². The van der Waals surface area contributed by atoms with Crippen molar-refractivity contribution in [1.29, 1.82) is 0 Å². The van der Waals surface area contributed by atoms with E-state index in [1.54, 1.807) is 49.8 Å². The van der Waals surface area contributed by atoms with Gasteiger partial charge in [-0.1, -0.05) is 53.3 Å². The van der Waals surface area contributed by atoms with E-state index in [1.807, 2.05) is 56.3 Å². The molecule has 4 aromatic rings. The molecule has 11 heteroatoms. The van der Waals surface area contributed by atoms with Crippen LogP contribution >= 0.6 is 22.9 Å². The number of carbonyl (C=O) groups is 1. The number of carbonyl (C=O) groups excluding carboxylic acids is 1. The smallest absolute Gasteiger partial charge is 0.338 e. The third-order valence-electron chi connectivity index (χ3n) is 7.77. The molecule has 49 heavy (non-hydrogen) atoms. The second-order valence-corrected chi connectivity index (χ2v) is 12.4. The Morgan fingerprint density at radius 1 is 0.980 bits per heavy atom. The highest BCUT2D eigenvalue weighted by atomic mass is 35.5. The van der Waals surface area contributed by atoms with Gasteiger partial charge in [-0.15, -0.1) is 6.58 Å². The second-order valence-electron chi connectivity index (χ2n) is 11.0. The van der Waals surface area contributed by atoms with Crippen molar-refractivity contribution in [2.45, 2.75) is 46.8 Å². The van der Waals surface area contributed by atoms with Crippen LogP contribution < -0.4 is 33.8 Å². The van der Waals surface area contributed by atoms with Gasteiger partial charge < -0.3 is 23.7 Å². The lowest BCUT2D eigenvalue weighted by molar-refractivity contribution is -0.139. The Kier molecular flexibility index (Phi) is 11.6. The molecule has 0 aliphatic carbocycles. The number of rotatable bonds is 14. The number of aromatic nitrogens is 1. The van der Waals surface area contributed by atoms with Crippen LogP contribution in [0.4, 0.5) is 0 Å². The van der Waals surface area contributed by atoms with Crippen LogP contribution in [0, 0.1) is 0 Å².